The number of para-hydroxylation sites is 1. The number of thioether (sulfide) groups is 1. The van der Waals surface area contributed by atoms with Gasteiger partial charge < -0.3 is 9.15 Å². The van der Waals surface area contributed by atoms with Crippen LogP contribution in [0.25, 0.3) is 17.1 Å². The van der Waals surface area contributed by atoms with Gasteiger partial charge in [0.2, 0.25) is 0 Å². The average Bonchev–Trinajstić information content (AvgIpc) is 3.27. The third kappa shape index (κ3) is 3.50. The zero-order chi connectivity index (χ0) is 17.1. The number of benzene rings is 1. The van der Waals surface area contributed by atoms with E-state index < -0.39 is 0 Å². The molecule has 0 N–H and O–H groups in total. The van der Waals surface area contributed by atoms with Crippen molar-refractivity contribution in [2.45, 2.75) is 37.4 Å². The fraction of sp³-hybridized carbons (Fsp3) is 0.368. The highest BCUT2D eigenvalue weighted by Gasteiger charge is 2.21. The van der Waals surface area contributed by atoms with Crippen LogP contribution in [0.2, 0.25) is 0 Å². The number of furan rings is 1. The van der Waals surface area contributed by atoms with Crippen LogP contribution in [0, 0.1) is 6.92 Å². The van der Waals surface area contributed by atoms with Crippen LogP contribution in [0.5, 0.6) is 0 Å². The Labute approximate surface area is 151 Å². The summed E-state index contributed by atoms with van der Waals surface area (Å²) in [5, 5.41) is 9.79. The molecule has 0 saturated carbocycles. The fourth-order valence-electron chi connectivity index (χ4n) is 3.07. The lowest BCUT2D eigenvalue weighted by atomic mass is 10.1. The van der Waals surface area contributed by atoms with E-state index >= 15 is 0 Å². The zero-order valence-corrected chi connectivity index (χ0v) is 15.0. The van der Waals surface area contributed by atoms with Crippen molar-refractivity contribution in [3.8, 4) is 17.1 Å². The predicted molar refractivity (Wildman–Crippen MR) is 98.1 cm³/mol. The topological polar surface area (TPSA) is 53.1 Å². The normalized spacial score (nSPS) is 17.7. The Balaban J connectivity index is 1.67. The summed E-state index contributed by atoms with van der Waals surface area (Å²) in [4.78, 5) is 0. The van der Waals surface area contributed by atoms with Gasteiger partial charge in [-0.1, -0.05) is 30.0 Å². The van der Waals surface area contributed by atoms with Gasteiger partial charge in [0.05, 0.1) is 17.9 Å². The summed E-state index contributed by atoms with van der Waals surface area (Å²) >= 11 is 1.71. The monoisotopic (exact) mass is 355 g/mol. The number of nitrogens with zero attached hydrogens (tertiary/aromatic N) is 3. The van der Waals surface area contributed by atoms with E-state index in [1.54, 1.807) is 18.0 Å². The largest absolute Gasteiger partial charge is 0.469 e. The zero-order valence-electron chi connectivity index (χ0n) is 14.2. The molecule has 0 amide bonds. The van der Waals surface area contributed by atoms with Gasteiger partial charge in [0.25, 0.3) is 0 Å². The molecule has 6 heteroatoms. The summed E-state index contributed by atoms with van der Waals surface area (Å²) in [6, 6.07) is 12.2. The molecule has 1 aliphatic rings. The van der Waals surface area contributed by atoms with E-state index in [0.717, 1.165) is 46.8 Å². The van der Waals surface area contributed by atoms with Crippen molar-refractivity contribution >= 4 is 11.8 Å². The van der Waals surface area contributed by atoms with Crippen molar-refractivity contribution in [1.82, 2.24) is 14.8 Å². The average molecular weight is 355 g/mol. The molecule has 0 unspecified atom stereocenters. The van der Waals surface area contributed by atoms with Gasteiger partial charge >= 0.3 is 0 Å². The third-order valence-electron chi connectivity index (χ3n) is 4.42. The van der Waals surface area contributed by atoms with Gasteiger partial charge in [-0.25, -0.2) is 0 Å². The molecule has 0 radical (unpaired) electrons. The van der Waals surface area contributed by atoms with Gasteiger partial charge in [-0.2, -0.15) is 0 Å². The SMILES string of the molecule is Cc1occc1-c1nnc(SC[C@H]2CCCCO2)n1-c1ccccc1. The van der Waals surface area contributed by atoms with E-state index in [-0.39, 0.29) is 0 Å². The molecule has 1 fully saturated rings. The maximum Gasteiger partial charge on any atom is 0.196 e. The molecule has 1 aromatic carbocycles. The summed E-state index contributed by atoms with van der Waals surface area (Å²) < 4.78 is 13.4. The second-order valence-corrected chi connectivity index (χ2v) is 7.15. The van der Waals surface area contributed by atoms with Gasteiger partial charge in [-0.15, -0.1) is 10.2 Å². The van der Waals surface area contributed by atoms with Crippen molar-refractivity contribution in [2.75, 3.05) is 12.4 Å². The van der Waals surface area contributed by atoms with Crippen molar-refractivity contribution in [1.29, 1.82) is 0 Å². The smallest absolute Gasteiger partial charge is 0.196 e. The second-order valence-electron chi connectivity index (χ2n) is 6.17. The van der Waals surface area contributed by atoms with Crippen molar-refractivity contribution in [2.24, 2.45) is 0 Å². The maximum atomic E-state index is 5.85. The van der Waals surface area contributed by atoms with Crippen LogP contribution in [-0.2, 0) is 4.74 Å². The van der Waals surface area contributed by atoms with Crippen LogP contribution in [-0.4, -0.2) is 33.2 Å². The van der Waals surface area contributed by atoms with Gasteiger partial charge in [-0.3, -0.25) is 4.57 Å². The maximum absolute atomic E-state index is 5.85. The standard InChI is InChI=1S/C19H21N3O2S/c1-14-17(10-12-23-14)18-20-21-19(22(18)15-7-3-2-4-8-15)25-13-16-9-5-6-11-24-16/h2-4,7-8,10,12,16H,5-6,9,11,13H2,1H3/t16-/m1/s1. The van der Waals surface area contributed by atoms with Gasteiger partial charge in [-0.05, 0) is 44.4 Å². The van der Waals surface area contributed by atoms with E-state index in [1.807, 2.05) is 31.2 Å². The fourth-order valence-corrected chi connectivity index (χ4v) is 4.09. The Morgan fingerprint density at radius 2 is 2.04 bits per heavy atom. The molecule has 1 atom stereocenters. The highest BCUT2D eigenvalue weighted by Crippen LogP contribution is 2.31. The molecular formula is C19H21N3O2S. The Kier molecular flexibility index (Phi) is 4.90. The molecule has 0 spiro atoms. The lowest BCUT2D eigenvalue weighted by Crippen LogP contribution is -2.21. The Bertz CT molecular complexity index is 822. The quantitative estimate of drug-likeness (QED) is 0.631. The van der Waals surface area contributed by atoms with Crippen molar-refractivity contribution in [3.63, 3.8) is 0 Å². The van der Waals surface area contributed by atoms with E-state index in [9.17, 15) is 0 Å². The van der Waals surface area contributed by atoms with E-state index in [4.69, 9.17) is 9.15 Å². The molecule has 2 aromatic heterocycles. The molecule has 0 aliphatic carbocycles. The number of rotatable bonds is 5. The van der Waals surface area contributed by atoms with E-state index in [0.29, 0.717) is 6.10 Å². The molecule has 0 bridgehead atoms. The number of aromatic nitrogens is 3. The molecule has 130 valence electrons. The first kappa shape index (κ1) is 16.4. The van der Waals surface area contributed by atoms with Crippen LogP contribution in [0.15, 0.2) is 52.2 Å². The Morgan fingerprint density at radius 1 is 1.16 bits per heavy atom. The van der Waals surface area contributed by atoms with Crippen LogP contribution < -0.4 is 0 Å². The molecule has 25 heavy (non-hydrogen) atoms. The first-order valence-corrected chi connectivity index (χ1v) is 9.61. The molecule has 1 aliphatic heterocycles. The third-order valence-corrected chi connectivity index (χ3v) is 5.48. The summed E-state index contributed by atoms with van der Waals surface area (Å²) in [6.45, 7) is 2.82. The molecule has 1 saturated heterocycles. The van der Waals surface area contributed by atoms with Gasteiger partial charge in [0, 0.05) is 18.0 Å². The minimum atomic E-state index is 0.304. The summed E-state index contributed by atoms with van der Waals surface area (Å²) in [6.07, 6.45) is 5.54. The number of ether oxygens (including phenoxy) is 1. The first-order chi connectivity index (χ1) is 12.3. The molecule has 5 nitrogen and oxygen atoms in total. The van der Waals surface area contributed by atoms with Crippen LogP contribution >= 0.6 is 11.8 Å². The van der Waals surface area contributed by atoms with Crippen LogP contribution in [0.3, 0.4) is 0 Å². The number of aryl methyl sites for hydroxylation is 1. The van der Waals surface area contributed by atoms with Crippen LogP contribution in [0.1, 0.15) is 25.0 Å². The first-order valence-electron chi connectivity index (χ1n) is 8.62. The Hall–Kier alpha value is -2.05. The number of hydrogen-bond acceptors (Lipinski definition) is 5. The van der Waals surface area contributed by atoms with Crippen molar-refractivity contribution < 1.29 is 9.15 Å². The van der Waals surface area contributed by atoms with E-state index in [2.05, 4.69) is 26.9 Å². The summed E-state index contributed by atoms with van der Waals surface area (Å²) in [7, 11) is 0. The minimum Gasteiger partial charge on any atom is -0.469 e. The predicted octanol–water partition coefficient (Wildman–Crippen LogP) is 4.50. The van der Waals surface area contributed by atoms with Gasteiger partial charge in [0.1, 0.15) is 5.76 Å². The van der Waals surface area contributed by atoms with E-state index in [1.165, 1.54) is 12.8 Å². The summed E-state index contributed by atoms with van der Waals surface area (Å²) in [5.74, 6) is 2.55. The lowest BCUT2D eigenvalue weighted by molar-refractivity contribution is 0.0315. The molecule has 3 heterocycles. The minimum absolute atomic E-state index is 0.304. The lowest BCUT2D eigenvalue weighted by Gasteiger charge is -2.21. The highest BCUT2D eigenvalue weighted by atomic mass is 32.2. The Morgan fingerprint density at radius 3 is 2.76 bits per heavy atom. The number of hydrogen-bond donors (Lipinski definition) is 0. The molecule has 3 aromatic rings. The summed E-state index contributed by atoms with van der Waals surface area (Å²) in [5.41, 5.74) is 2.02. The van der Waals surface area contributed by atoms with Crippen molar-refractivity contribution in [3.05, 3.63) is 48.4 Å². The van der Waals surface area contributed by atoms with Gasteiger partial charge in [0.15, 0.2) is 11.0 Å². The molecular weight excluding hydrogens is 334 g/mol. The van der Waals surface area contributed by atoms with Crippen LogP contribution in [0.4, 0.5) is 0 Å². The highest BCUT2D eigenvalue weighted by molar-refractivity contribution is 7.99. The second kappa shape index (κ2) is 7.45. The molecule has 4 rings (SSSR count).